The molecule has 74 valence electrons. The summed E-state index contributed by atoms with van der Waals surface area (Å²) in [7, 11) is 0. The Morgan fingerprint density at radius 1 is 1.47 bits per heavy atom. The average molecular weight is 197 g/mol. The molecule has 0 unspecified atom stereocenters. The van der Waals surface area contributed by atoms with E-state index in [2.05, 4.69) is 11.9 Å². The van der Waals surface area contributed by atoms with Gasteiger partial charge in [-0.05, 0) is 18.1 Å². The molecule has 3 nitrogen and oxygen atoms in total. The van der Waals surface area contributed by atoms with Crippen molar-refractivity contribution in [2.75, 3.05) is 5.73 Å². The number of nitrogens with zero attached hydrogens (tertiary/aromatic N) is 2. The molecule has 0 spiro atoms. The lowest BCUT2D eigenvalue weighted by Crippen LogP contribution is -1.95. The first-order chi connectivity index (χ1) is 7.26. The number of rotatable bonds is 1. The van der Waals surface area contributed by atoms with Gasteiger partial charge in [-0.25, -0.2) is 4.98 Å². The lowest BCUT2D eigenvalue weighted by atomic mass is 10.1. The Balaban J connectivity index is 2.87. The second-order valence-corrected chi connectivity index (χ2v) is 3.38. The van der Waals surface area contributed by atoms with E-state index in [1.807, 2.05) is 24.3 Å². The van der Waals surface area contributed by atoms with E-state index in [-0.39, 0.29) is 0 Å². The van der Waals surface area contributed by atoms with Gasteiger partial charge >= 0.3 is 0 Å². The zero-order chi connectivity index (χ0) is 10.8. The number of nitrogen functional groups attached to an aromatic ring is 1. The van der Waals surface area contributed by atoms with Gasteiger partial charge in [0.2, 0.25) is 0 Å². The molecular formula is C12H11N3. The second-order valence-electron chi connectivity index (χ2n) is 3.38. The first-order valence-corrected chi connectivity index (χ1v) is 4.84. The highest BCUT2D eigenvalue weighted by atomic mass is 14.7. The van der Waals surface area contributed by atoms with Crippen LogP contribution in [-0.2, 0) is 6.42 Å². The van der Waals surface area contributed by atoms with E-state index in [0.717, 1.165) is 22.9 Å². The Hall–Kier alpha value is -2.08. The number of nitrogens with two attached hydrogens (primary N) is 1. The maximum Gasteiger partial charge on any atom is 0.143 e. The van der Waals surface area contributed by atoms with Gasteiger partial charge in [0.25, 0.3) is 0 Å². The minimum Gasteiger partial charge on any atom is -0.398 e. The van der Waals surface area contributed by atoms with Crippen molar-refractivity contribution in [3.05, 3.63) is 35.5 Å². The Kier molecular flexibility index (Phi) is 2.26. The van der Waals surface area contributed by atoms with Crippen LogP contribution >= 0.6 is 0 Å². The minimum atomic E-state index is 0.376. The number of hydrogen-bond acceptors (Lipinski definition) is 3. The van der Waals surface area contributed by atoms with E-state index in [1.165, 1.54) is 0 Å². The number of hydrogen-bond donors (Lipinski definition) is 1. The Morgan fingerprint density at radius 3 is 2.93 bits per heavy atom. The molecule has 0 fully saturated rings. The maximum absolute atomic E-state index is 8.82. The van der Waals surface area contributed by atoms with Crippen LogP contribution in [0.25, 0.3) is 10.9 Å². The fourth-order valence-corrected chi connectivity index (χ4v) is 1.68. The van der Waals surface area contributed by atoms with Crippen LogP contribution in [-0.4, -0.2) is 4.98 Å². The maximum atomic E-state index is 8.82. The largest absolute Gasteiger partial charge is 0.398 e. The summed E-state index contributed by atoms with van der Waals surface area (Å²) < 4.78 is 0. The van der Waals surface area contributed by atoms with Crippen molar-refractivity contribution in [2.45, 2.75) is 13.3 Å². The number of anilines is 1. The van der Waals surface area contributed by atoms with Crippen molar-refractivity contribution in [3.63, 3.8) is 0 Å². The van der Waals surface area contributed by atoms with Crippen molar-refractivity contribution < 1.29 is 0 Å². The van der Waals surface area contributed by atoms with Crippen molar-refractivity contribution >= 4 is 16.6 Å². The molecule has 0 aliphatic carbocycles. The highest BCUT2D eigenvalue weighted by Gasteiger charge is 2.05. The summed E-state index contributed by atoms with van der Waals surface area (Å²) in [5.41, 5.74) is 8.82. The van der Waals surface area contributed by atoms with Crippen LogP contribution in [0.1, 0.15) is 18.2 Å². The van der Waals surface area contributed by atoms with E-state index >= 15 is 0 Å². The summed E-state index contributed by atoms with van der Waals surface area (Å²) in [4.78, 5) is 4.28. The van der Waals surface area contributed by atoms with Gasteiger partial charge in [-0.15, -0.1) is 0 Å². The van der Waals surface area contributed by atoms with Crippen molar-refractivity contribution in [1.82, 2.24) is 4.98 Å². The molecule has 2 N–H and O–H groups in total. The average Bonchev–Trinajstić information content (AvgIpc) is 2.28. The third-order valence-corrected chi connectivity index (χ3v) is 2.45. The normalized spacial score (nSPS) is 10.1. The minimum absolute atomic E-state index is 0.376. The van der Waals surface area contributed by atoms with Gasteiger partial charge in [0, 0.05) is 11.1 Å². The highest BCUT2D eigenvalue weighted by Crippen LogP contribution is 2.23. The topological polar surface area (TPSA) is 62.7 Å². The number of nitriles is 1. The third kappa shape index (κ3) is 1.50. The molecule has 1 heterocycles. The van der Waals surface area contributed by atoms with Gasteiger partial charge in [0.15, 0.2) is 0 Å². The standard InChI is InChI=1S/C12H11N3/c1-2-8-4-3-5-10-11(14)6-9(7-13)15-12(8)10/h3-6H,2H2,1H3,(H2,14,15). The lowest BCUT2D eigenvalue weighted by molar-refractivity contribution is 1.14. The van der Waals surface area contributed by atoms with Crippen molar-refractivity contribution in [3.8, 4) is 6.07 Å². The number of aryl methyl sites for hydroxylation is 1. The number of pyridine rings is 1. The molecule has 0 saturated carbocycles. The summed E-state index contributed by atoms with van der Waals surface area (Å²) in [5.74, 6) is 0. The van der Waals surface area contributed by atoms with E-state index in [1.54, 1.807) is 6.07 Å². The number of aromatic nitrogens is 1. The molecule has 0 radical (unpaired) electrons. The summed E-state index contributed by atoms with van der Waals surface area (Å²) in [6.07, 6.45) is 0.888. The fourth-order valence-electron chi connectivity index (χ4n) is 1.68. The first kappa shape index (κ1) is 9.47. The quantitative estimate of drug-likeness (QED) is 0.762. The SMILES string of the molecule is CCc1cccc2c(N)cc(C#N)nc12. The molecule has 0 bridgehead atoms. The lowest BCUT2D eigenvalue weighted by Gasteiger charge is -2.05. The van der Waals surface area contributed by atoms with Crippen LogP contribution in [0.4, 0.5) is 5.69 Å². The summed E-state index contributed by atoms with van der Waals surface area (Å²) in [6, 6.07) is 9.53. The molecule has 0 aliphatic heterocycles. The molecular weight excluding hydrogens is 186 g/mol. The highest BCUT2D eigenvalue weighted by molar-refractivity contribution is 5.92. The molecule has 15 heavy (non-hydrogen) atoms. The van der Waals surface area contributed by atoms with Crippen LogP contribution in [0.5, 0.6) is 0 Å². The van der Waals surface area contributed by atoms with E-state index in [9.17, 15) is 0 Å². The number of fused-ring (bicyclic) bond motifs is 1. The zero-order valence-electron chi connectivity index (χ0n) is 8.49. The molecule has 1 aromatic heterocycles. The molecule has 2 rings (SSSR count). The summed E-state index contributed by atoms with van der Waals surface area (Å²) >= 11 is 0. The molecule has 0 aliphatic rings. The molecule has 2 aromatic rings. The van der Waals surface area contributed by atoms with Crippen LogP contribution in [0.15, 0.2) is 24.3 Å². The predicted molar refractivity (Wildman–Crippen MR) is 60.2 cm³/mol. The Labute approximate surface area is 88.2 Å². The Morgan fingerprint density at radius 2 is 2.27 bits per heavy atom. The number of benzene rings is 1. The van der Waals surface area contributed by atoms with Gasteiger partial charge in [-0.2, -0.15) is 5.26 Å². The molecule has 0 atom stereocenters. The predicted octanol–water partition coefficient (Wildman–Crippen LogP) is 2.25. The summed E-state index contributed by atoms with van der Waals surface area (Å²) in [6.45, 7) is 2.06. The van der Waals surface area contributed by atoms with Gasteiger partial charge in [-0.3, -0.25) is 0 Å². The van der Waals surface area contributed by atoms with Gasteiger partial charge in [0.1, 0.15) is 11.8 Å². The van der Waals surface area contributed by atoms with E-state index < -0.39 is 0 Å². The van der Waals surface area contributed by atoms with E-state index in [0.29, 0.717) is 11.4 Å². The Bertz CT molecular complexity index is 553. The second kappa shape index (κ2) is 3.58. The zero-order valence-corrected chi connectivity index (χ0v) is 8.49. The van der Waals surface area contributed by atoms with E-state index in [4.69, 9.17) is 11.0 Å². The smallest absolute Gasteiger partial charge is 0.143 e. The monoisotopic (exact) mass is 197 g/mol. The summed E-state index contributed by atoms with van der Waals surface area (Å²) in [5, 5.41) is 9.74. The van der Waals surface area contributed by atoms with Gasteiger partial charge < -0.3 is 5.73 Å². The van der Waals surface area contributed by atoms with Crippen molar-refractivity contribution in [1.29, 1.82) is 5.26 Å². The first-order valence-electron chi connectivity index (χ1n) is 4.84. The molecule has 0 amide bonds. The fraction of sp³-hybridized carbons (Fsp3) is 0.167. The van der Waals surface area contributed by atoms with Gasteiger partial charge in [0.05, 0.1) is 5.52 Å². The molecule has 1 aromatic carbocycles. The van der Waals surface area contributed by atoms with Crippen molar-refractivity contribution in [2.24, 2.45) is 0 Å². The van der Waals surface area contributed by atoms with Crippen LogP contribution in [0.2, 0.25) is 0 Å². The third-order valence-electron chi connectivity index (χ3n) is 2.45. The number of para-hydroxylation sites is 1. The molecule has 0 saturated heterocycles. The van der Waals surface area contributed by atoms with Gasteiger partial charge in [-0.1, -0.05) is 25.1 Å². The van der Waals surface area contributed by atoms with Crippen LogP contribution in [0, 0.1) is 11.3 Å². The molecule has 3 heteroatoms. The van der Waals surface area contributed by atoms with Crippen LogP contribution < -0.4 is 5.73 Å². The van der Waals surface area contributed by atoms with Crippen LogP contribution in [0.3, 0.4) is 0 Å².